The Morgan fingerprint density at radius 1 is 0.840 bits per heavy atom. The highest BCUT2D eigenvalue weighted by atomic mass is 32.2. The Bertz CT molecular complexity index is 980. The Morgan fingerprint density at radius 3 is 2.32 bits per heavy atom. The summed E-state index contributed by atoms with van der Waals surface area (Å²) in [5, 5.41) is 7.31. The number of hydrogen-bond acceptors (Lipinski definition) is 3. The van der Waals surface area contributed by atoms with E-state index in [2.05, 4.69) is 10.6 Å². The van der Waals surface area contributed by atoms with Gasteiger partial charge in [0.2, 0.25) is 0 Å². The van der Waals surface area contributed by atoms with Gasteiger partial charge in [-0.15, -0.1) is 0 Å². The lowest BCUT2D eigenvalue weighted by Crippen LogP contribution is -2.32. The number of anilines is 1. The summed E-state index contributed by atoms with van der Waals surface area (Å²) in [6.45, 7) is 0.0355. The molecule has 0 spiro atoms. The number of fused-ring (bicyclic) bond motifs is 1. The molecule has 0 bridgehead atoms. The first-order valence-electron chi connectivity index (χ1n) is 7.87. The molecule has 128 valence electrons. The molecule has 2 N–H and O–H groups in total. The van der Waals surface area contributed by atoms with E-state index in [4.69, 9.17) is 0 Å². The fourth-order valence-electron chi connectivity index (χ4n) is 2.55. The summed E-state index contributed by atoms with van der Waals surface area (Å²) in [6, 6.07) is 21.1. The number of nitrogens with one attached hydrogen (secondary N) is 2. The summed E-state index contributed by atoms with van der Waals surface area (Å²) in [6.07, 6.45) is 0. The third-order valence-electron chi connectivity index (χ3n) is 3.80. The maximum atomic E-state index is 12.2. The minimum atomic E-state index is -3.41. The number of hydrogen-bond donors (Lipinski definition) is 2. The van der Waals surface area contributed by atoms with Gasteiger partial charge >= 0.3 is 6.03 Å². The summed E-state index contributed by atoms with van der Waals surface area (Å²) in [4.78, 5) is 12.3. The van der Waals surface area contributed by atoms with E-state index in [-0.39, 0.29) is 17.2 Å². The predicted molar refractivity (Wildman–Crippen MR) is 99.5 cm³/mol. The number of sulfone groups is 1. The molecule has 0 atom stereocenters. The average Bonchev–Trinajstić information content (AvgIpc) is 2.63. The third-order valence-corrected chi connectivity index (χ3v) is 5.53. The number of urea groups is 1. The maximum absolute atomic E-state index is 12.2. The van der Waals surface area contributed by atoms with Gasteiger partial charge in [-0.25, -0.2) is 13.2 Å². The molecule has 5 nitrogen and oxygen atoms in total. The molecule has 0 aliphatic rings. The van der Waals surface area contributed by atoms with E-state index in [1.807, 2.05) is 42.5 Å². The van der Waals surface area contributed by atoms with E-state index in [0.717, 1.165) is 10.8 Å². The summed E-state index contributed by atoms with van der Waals surface area (Å²) in [7, 11) is -3.41. The second-order valence-corrected chi connectivity index (χ2v) is 7.65. The van der Waals surface area contributed by atoms with Crippen molar-refractivity contribution in [2.24, 2.45) is 0 Å². The highest BCUT2D eigenvalue weighted by Crippen LogP contribution is 2.22. The van der Waals surface area contributed by atoms with Crippen molar-refractivity contribution in [2.45, 2.75) is 4.90 Å². The Labute approximate surface area is 146 Å². The second kappa shape index (κ2) is 7.36. The molecule has 3 aromatic carbocycles. The third kappa shape index (κ3) is 4.16. The minimum Gasteiger partial charge on any atom is -0.337 e. The van der Waals surface area contributed by atoms with Gasteiger partial charge in [0.1, 0.15) is 0 Å². The van der Waals surface area contributed by atoms with Crippen LogP contribution in [0.15, 0.2) is 77.7 Å². The van der Waals surface area contributed by atoms with Crippen molar-refractivity contribution in [1.29, 1.82) is 0 Å². The summed E-state index contributed by atoms with van der Waals surface area (Å²) < 4.78 is 24.4. The fourth-order valence-corrected chi connectivity index (χ4v) is 3.72. The molecule has 3 rings (SSSR count). The summed E-state index contributed by atoms with van der Waals surface area (Å²) in [5.41, 5.74) is 0.682. The molecular weight excluding hydrogens is 336 g/mol. The molecular formula is C19H18N2O3S. The smallest absolute Gasteiger partial charge is 0.319 e. The van der Waals surface area contributed by atoms with Crippen LogP contribution in [-0.4, -0.2) is 26.7 Å². The standard InChI is InChI=1S/C19H18N2O3S/c22-19(20-13-14-25(23,24)16-9-2-1-3-10-16)21-18-12-6-8-15-7-4-5-11-17(15)18/h1-12H,13-14H2,(H2,20,21,22). The summed E-state index contributed by atoms with van der Waals surface area (Å²) in [5.74, 6) is -0.153. The van der Waals surface area contributed by atoms with E-state index < -0.39 is 15.9 Å². The molecule has 0 unspecified atom stereocenters. The van der Waals surface area contributed by atoms with Crippen molar-refractivity contribution in [3.05, 3.63) is 72.8 Å². The average molecular weight is 354 g/mol. The van der Waals surface area contributed by atoms with Crippen LogP contribution in [0, 0.1) is 0 Å². The van der Waals surface area contributed by atoms with Gasteiger partial charge in [-0.3, -0.25) is 0 Å². The van der Waals surface area contributed by atoms with E-state index in [1.54, 1.807) is 30.3 Å². The Morgan fingerprint density at radius 2 is 1.52 bits per heavy atom. The zero-order valence-electron chi connectivity index (χ0n) is 13.5. The van der Waals surface area contributed by atoms with Crippen molar-refractivity contribution in [3.63, 3.8) is 0 Å². The molecule has 0 fully saturated rings. The zero-order chi connectivity index (χ0) is 17.7. The van der Waals surface area contributed by atoms with Gasteiger partial charge in [-0.05, 0) is 23.6 Å². The Hall–Kier alpha value is -2.86. The monoisotopic (exact) mass is 354 g/mol. The van der Waals surface area contributed by atoms with Crippen LogP contribution in [0.4, 0.5) is 10.5 Å². The van der Waals surface area contributed by atoms with Crippen LogP contribution in [0.1, 0.15) is 0 Å². The molecule has 6 heteroatoms. The van der Waals surface area contributed by atoms with Crippen LogP contribution < -0.4 is 10.6 Å². The van der Waals surface area contributed by atoms with Crippen molar-refractivity contribution in [3.8, 4) is 0 Å². The van der Waals surface area contributed by atoms with Crippen LogP contribution in [0.3, 0.4) is 0 Å². The van der Waals surface area contributed by atoms with E-state index in [9.17, 15) is 13.2 Å². The highest BCUT2D eigenvalue weighted by Gasteiger charge is 2.14. The molecule has 3 aromatic rings. The lowest BCUT2D eigenvalue weighted by molar-refractivity contribution is 0.252. The SMILES string of the molecule is O=C(NCCS(=O)(=O)c1ccccc1)Nc1cccc2ccccc12. The Kier molecular flexibility index (Phi) is 5.00. The second-order valence-electron chi connectivity index (χ2n) is 5.54. The van der Waals surface area contributed by atoms with E-state index >= 15 is 0 Å². The molecule has 0 aliphatic heterocycles. The molecule has 0 saturated carbocycles. The molecule has 0 saturated heterocycles. The van der Waals surface area contributed by atoms with Crippen LogP contribution >= 0.6 is 0 Å². The fraction of sp³-hybridized carbons (Fsp3) is 0.105. The first-order chi connectivity index (χ1) is 12.1. The molecule has 0 aliphatic carbocycles. The molecule has 0 aromatic heterocycles. The maximum Gasteiger partial charge on any atom is 0.319 e. The van der Waals surface area contributed by atoms with Gasteiger partial charge in [0.05, 0.1) is 16.3 Å². The van der Waals surface area contributed by atoms with E-state index in [0.29, 0.717) is 5.69 Å². The zero-order valence-corrected chi connectivity index (χ0v) is 14.3. The summed E-state index contributed by atoms with van der Waals surface area (Å²) >= 11 is 0. The van der Waals surface area contributed by atoms with Crippen molar-refractivity contribution in [2.75, 3.05) is 17.6 Å². The van der Waals surface area contributed by atoms with Crippen molar-refractivity contribution < 1.29 is 13.2 Å². The molecule has 25 heavy (non-hydrogen) atoms. The quantitative estimate of drug-likeness (QED) is 0.737. The lowest BCUT2D eigenvalue weighted by atomic mass is 10.1. The number of amides is 2. The van der Waals surface area contributed by atoms with Crippen LogP contribution in [-0.2, 0) is 9.84 Å². The van der Waals surface area contributed by atoms with Crippen LogP contribution in [0.25, 0.3) is 10.8 Å². The largest absolute Gasteiger partial charge is 0.337 e. The van der Waals surface area contributed by atoms with Gasteiger partial charge in [0, 0.05) is 11.9 Å². The van der Waals surface area contributed by atoms with Gasteiger partial charge < -0.3 is 10.6 Å². The molecule has 2 amide bonds. The molecule has 0 radical (unpaired) electrons. The minimum absolute atomic E-state index is 0.0355. The van der Waals surface area contributed by atoms with Crippen LogP contribution in [0.2, 0.25) is 0 Å². The number of carbonyl (C=O) groups is 1. The normalized spacial score (nSPS) is 11.2. The number of rotatable bonds is 5. The van der Waals surface area contributed by atoms with Crippen molar-refractivity contribution >= 4 is 32.3 Å². The van der Waals surface area contributed by atoms with E-state index in [1.165, 1.54) is 0 Å². The molecule has 0 heterocycles. The Balaban J connectivity index is 1.60. The van der Waals surface area contributed by atoms with Crippen molar-refractivity contribution in [1.82, 2.24) is 5.32 Å². The topological polar surface area (TPSA) is 75.3 Å². The van der Waals surface area contributed by atoms with Gasteiger partial charge in [0.25, 0.3) is 0 Å². The highest BCUT2D eigenvalue weighted by molar-refractivity contribution is 7.91. The van der Waals surface area contributed by atoms with Gasteiger partial charge in [0.15, 0.2) is 9.84 Å². The predicted octanol–water partition coefficient (Wildman–Crippen LogP) is 3.44. The first kappa shape index (κ1) is 17.0. The first-order valence-corrected chi connectivity index (χ1v) is 9.52. The van der Waals surface area contributed by atoms with Crippen LogP contribution in [0.5, 0.6) is 0 Å². The number of benzene rings is 3. The van der Waals surface area contributed by atoms with Gasteiger partial charge in [-0.1, -0.05) is 54.6 Å². The van der Waals surface area contributed by atoms with Gasteiger partial charge in [-0.2, -0.15) is 0 Å². The number of carbonyl (C=O) groups excluding carboxylic acids is 1. The lowest BCUT2D eigenvalue weighted by Gasteiger charge is -2.10.